The van der Waals surface area contributed by atoms with E-state index in [1.807, 2.05) is 11.8 Å². The van der Waals surface area contributed by atoms with Crippen molar-refractivity contribution in [3.8, 4) is 0 Å². The van der Waals surface area contributed by atoms with Crippen LogP contribution >= 0.6 is 0 Å². The molecule has 122 valence electrons. The number of aromatic nitrogens is 3. The fourth-order valence-electron chi connectivity index (χ4n) is 3.44. The highest BCUT2D eigenvalue weighted by atomic mass is 16.2. The Labute approximate surface area is 130 Å². The van der Waals surface area contributed by atoms with Crippen LogP contribution in [0.25, 0.3) is 0 Å². The summed E-state index contributed by atoms with van der Waals surface area (Å²) in [6.45, 7) is 6.50. The predicted molar refractivity (Wildman–Crippen MR) is 82.8 cm³/mol. The number of likely N-dealkylation sites (tertiary alicyclic amines) is 1. The van der Waals surface area contributed by atoms with E-state index in [-0.39, 0.29) is 11.6 Å². The van der Waals surface area contributed by atoms with E-state index in [0.717, 1.165) is 44.7 Å². The van der Waals surface area contributed by atoms with Gasteiger partial charge in [-0.05, 0) is 39.3 Å². The lowest BCUT2D eigenvalue weighted by atomic mass is 9.97. The van der Waals surface area contributed by atoms with Crippen LogP contribution in [0.4, 0.5) is 0 Å². The summed E-state index contributed by atoms with van der Waals surface area (Å²) in [5.41, 5.74) is -0.0392. The number of carbonyl (C=O) groups is 1. The number of hydrogen-bond donors (Lipinski definition) is 1. The van der Waals surface area contributed by atoms with Gasteiger partial charge in [0.05, 0.1) is 6.54 Å². The number of rotatable bonds is 5. The van der Waals surface area contributed by atoms with E-state index in [0.29, 0.717) is 32.0 Å². The van der Waals surface area contributed by atoms with Crippen LogP contribution in [-0.2, 0) is 17.9 Å². The second-order valence-corrected chi connectivity index (χ2v) is 6.12. The number of amides is 1. The molecule has 0 radical (unpaired) electrons. The molecule has 0 unspecified atom stereocenters. The van der Waals surface area contributed by atoms with Crippen molar-refractivity contribution in [3.63, 3.8) is 0 Å². The molecule has 3 heterocycles. The predicted octanol–water partition coefficient (Wildman–Crippen LogP) is 0.154. The molecule has 0 spiro atoms. The minimum absolute atomic E-state index is 0.0392. The summed E-state index contributed by atoms with van der Waals surface area (Å²) in [5.74, 6) is 1.48. The van der Waals surface area contributed by atoms with Gasteiger partial charge < -0.3 is 10.2 Å². The van der Waals surface area contributed by atoms with E-state index in [4.69, 9.17) is 0 Å². The maximum Gasteiger partial charge on any atom is 0.345 e. The molecule has 0 bridgehead atoms. The summed E-state index contributed by atoms with van der Waals surface area (Å²) in [7, 11) is 0. The van der Waals surface area contributed by atoms with Crippen LogP contribution in [-0.4, -0.2) is 51.3 Å². The van der Waals surface area contributed by atoms with Crippen molar-refractivity contribution in [2.75, 3.05) is 26.2 Å². The Kier molecular flexibility index (Phi) is 4.61. The first kappa shape index (κ1) is 15.3. The summed E-state index contributed by atoms with van der Waals surface area (Å²) in [6.07, 6.45) is 3.62. The van der Waals surface area contributed by atoms with Crippen molar-refractivity contribution in [2.45, 2.75) is 51.6 Å². The molecule has 1 amide bonds. The first-order valence-corrected chi connectivity index (χ1v) is 8.36. The topological polar surface area (TPSA) is 72.2 Å². The first-order chi connectivity index (χ1) is 10.7. The third kappa shape index (κ3) is 2.95. The van der Waals surface area contributed by atoms with Crippen molar-refractivity contribution in [1.82, 2.24) is 24.6 Å². The molecule has 0 saturated carbocycles. The van der Waals surface area contributed by atoms with Crippen LogP contribution in [0.15, 0.2) is 4.79 Å². The molecule has 0 aromatic carbocycles. The zero-order chi connectivity index (χ0) is 15.5. The molecule has 7 nitrogen and oxygen atoms in total. The quantitative estimate of drug-likeness (QED) is 0.841. The smallest absolute Gasteiger partial charge is 0.341 e. The van der Waals surface area contributed by atoms with Gasteiger partial charge in [0.25, 0.3) is 0 Å². The largest absolute Gasteiger partial charge is 0.345 e. The Morgan fingerprint density at radius 2 is 2.00 bits per heavy atom. The Morgan fingerprint density at radius 3 is 2.64 bits per heavy atom. The molecule has 3 rings (SSSR count). The van der Waals surface area contributed by atoms with Gasteiger partial charge >= 0.3 is 5.69 Å². The van der Waals surface area contributed by atoms with Gasteiger partial charge in [0, 0.05) is 32.0 Å². The minimum atomic E-state index is -0.0392. The molecule has 1 aromatic heterocycles. The monoisotopic (exact) mass is 307 g/mol. The molecule has 0 aliphatic carbocycles. The molecule has 1 aromatic rings. The van der Waals surface area contributed by atoms with Crippen LogP contribution in [0.2, 0.25) is 0 Å². The van der Waals surface area contributed by atoms with Gasteiger partial charge in [-0.15, -0.1) is 0 Å². The number of nitrogens with zero attached hydrogens (tertiary/aromatic N) is 4. The highest BCUT2D eigenvalue weighted by Crippen LogP contribution is 2.22. The second-order valence-electron chi connectivity index (χ2n) is 6.12. The van der Waals surface area contributed by atoms with Crippen LogP contribution in [0, 0.1) is 0 Å². The van der Waals surface area contributed by atoms with E-state index in [9.17, 15) is 9.59 Å². The van der Waals surface area contributed by atoms with Crippen molar-refractivity contribution < 1.29 is 4.79 Å². The van der Waals surface area contributed by atoms with Crippen LogP contribution in [0.5, 0.6) is 0 Å². The molecule has 2 saturated heterocycles. The minimum Gasteiger partial charge on any atom is -0.341 e. The van der Waals surface area contributed by atoms with Crippen LogP contribution in [0.3, 0.4) is 0 Å². The van der Waals surface area contributed by atoms with E-state index < -0.39 is 0 Å². The van der Waals surface area contributed by atoms with Crippen molar-refractivity contribution in [3.05, 3.63) is 16.3 Å². The van der Waals surface area contributed by atoms with Crippen molar-refractivity contribution in [1.29, 1.82) is 0 Å². The molecule has 0 atom stereocenters. The molecule has 1 N–H and O–H groups in total. The zero-order valence-electron chi connectivity index (χ0n) is 13.3. The van der Waals surface area contributed by atoms with Gasteiger partial charge in [-0.3, -0.25) is 9.36 Å². The van der Waals surface area contributed by atoms with Gasteiger partial charge in [0.15, 0.2) is 0 Å². The third-order valence-corrected chi connectivity index (χ3v) is 4.73. The molecule has 2 aliphatic rings. The Hall–Kier alpha value is -1.63. The zero-order valence-corrected chi connectivity index (χ0v) is 13.3. The maximum atomic E-state index is 12.5. The molecule has 22 heavy (non-hydrogen) atoms. The van der Waals surface area contributed by atoms with E-state index in [2.05, 4.69) is 10.4 Å². The summed E-state index contributed by atoms with van der Waals surface area (Å²) in [6, 6.07) is 0. The van der Waals surface area contributed by atoms with Gasteiger partial charge in [-0.1, -0.05) is 0 Å². The van der Waals surface area contributed by atoms with Crippen LogP contribution in [0.1, 0.15) is 44.3 Å². The third-order valence-electron chi connectivity index (χ3n) is 4.73. The average molecular weight is 307 g/mol. The van der Waals surface area contributed by atoms with E-state index >= 15 is 0 Å². The van der Waals surface area contributed by atoms with Crippen molar-refractivity contribution >= 4 is 5.91 Å². The average Bonchev–Trinajstić information content (AvgIpc) is 3.09. The Morgan fingerprint density at radius 1 is 1.23 bits per heavy atom. The second kappa shape index (κ2) is 6.64. The molecular weight excluding hydrogens is 282 g/mol. The van der Waals surface area contributed by atoms with Gasteiger partial charge in [-0.25, -0.2) is 9.48 Å². The van der Waals surface area contributed by atoms with Gasteiger partial charge in [0.2, 0.25) is 5.91 Å². The lowest BCUT2D eigenvalue weighted by Gasteiger charge is -2.21. The Balaban J connectivity index is 1.75. The molecule has 2 fully saturated rings. The number of carbonyl (C=O) groups excluding carboxylic acids is 1. The maximum absolute atomic E-state index is 12.5. The Bertz CT molecular complexity index is 585. The lowest BCUT2D eigenvalue weighted by molar-refractivity contribution is -0.127. The first-order valence-electron chi connectivity index (χ1n) is 8.36. The van der Waals surface area contributed by atoms with Crippen molar-refractivity contribution in [2.24, 2.45) is 0 Å². The number of hydrogen-bond acceptors (Lipinski definition) is 4. The van der Waals surface area contributed by atoms with E-state index in [1.54, 1.807) is 9.25 Å². The molecule has 2 aliphatic heterocycles. The summed E-state index contributed by atoms with van der Waals surface area (Å²) in [4.78, 5) is 26.0. The summed E-state index contributed by atoms with van der Waals surface area (Å²) >= 11 is 0. The lowest BCUT2D eigenvalue weighted by Crippen LogP contribution is -2.33. The normalized spacial score (nSPS) is 20.0. The highest BCUT2D eigenvalue weighted by molar-refractivity contribution is 5.77. The fourth-order valence-corrected chi connectivity index (χ4v) is 3.44. The van der Waals surface area contributed by atoms with Gasteiger partial charge in [0.1, 0.15) is 5.82 Å². The fraction of sp³-hybridized carbons (Fsp3) is 0.800. The standard InChI is InChI=1S/C15H25N5O2/c1-2-19-14(12-5-7-16-8-6-12)17-20(15(19)22)11-10-18-9-3-4-13(18)21/h12,16H,2-11H2,1H3. The van der Waals surface area contributed by atoms with Crippen LogP contribution < -0.4 is 11.0 Å². The highest BCUT2D eigenvalue weighted by Gasteiger charge is 2.24. The number of nitrogens with one attached hydrogen (secondary N) is 1. The number of piperidine rings is 1. The SMILES string of the molecule is CCn1c(C2CCNCC2)nn(CCN2CCCC2=O)c1=O. The summed E-state index contributed by atoms with van der Waals surface area (Å²) in [5, 5.41) is 7.94. The summed E-state index contributed by atoms with van der Waals surface area (Å²) < 4.78 is 3.34. The van der Waals surface area contributed by atoms with Gasteiger partial charge in [-0.2, -0.15) is 5.10 Å². The molecular formula is C15H25N5O2. The van der Waals surface area contributed by atoms with E-state index in [1.165, 1.54) is 0 Å². The molecule has 7 heteroatoms.